The first-order chi connectivity index (χ1) is 12.5. The molecule has 146 valence electrons. The zero-order valence-corrected chi connectivity index (χ0v) is 15.3. The molecule has 11 heteroatoms. The van der Waals surface area contributed by atoms with Gasteiger partial charge in [0.1, 0.15) is 0 Å². The van der Waals surface area contributed by atoms with E-state index < -0.39 is 31.8 Å². The maximum Gasteiger partial charge on any atom is 0.416 e. The lowest BCUT2D eigenvalue weighted by Gasteiger charge is -2.11. The van der Waals surface area contributed by atoms with Gasteiger partial charge in [0, 0.05) is 11.7 Å². The minimum absolute atomic E-state index is 0.00752. The number of sulfonamides is 2. The summed E-state index contributed by atoms with van der Waals surface area (Å²) < 4.78 is 91.1. The molecule has 2 aromatic carbocycles. The van der Waals surface area contributed by atoms with Gasteiger partial charge in [0.15, 0.2) is 0 Å². The molecule has 0 heterocycles. The molecule has 0 spiro atoms. The van der Waals surface area contributed by atoms with E-state index in [1.165, 1.54) is 24.3 Å². The molecule has 2 aromatic rings. The predicted octanol–water partition coefficient (Wildman–Crippen LogP) is 2.95. The van der Waals surface area contributed by atoms with Crippen LogP contribution in [0.3, 0.4) is 0 Å². The highest BCUT2D eigenvalue weighted by molar-refractivity contribution is 7.92. The quantitative estimate of drug-likeness (QED) is 0.752. The SMILES string of the molecule is O=S(=O)(Nc1ccc(S(=O)(=O)NC2CC2)cc1)c1ccc(C(F)(F)F)cc1. The summed E-state index contributed by atoms with van der Waals surface area (Å²) in [5.41, 5.74) is -0.876. The first kappa shape index (κ1) is 19.6. The van der Waals surface area contributed by atoms with Crippen molar-refractivity contribution >= 4 is 25.7 Å². The number of anilines is 1. The smallest absolute Gasteiger partial charge is 0.280 e. The Hall–Kier alpha value is -2.11. The highest BCUT2D eigenvalue weighted by Gasteiger charge is 2.31. The molecule has 1 fully saturated rings. The van der Waals surface area contributed by atoms with Gasteiger partial charge in [-0.05, 0) is 61.4 Å². The Morgan fingerprint density at radius 1 is 0.778 bits per heavy atom. The van der Waals surface area contributed by atoms with Gasteiger partial charge in [0.2, 0.25) is 10.0 Å². The number of rotatable bonds is 6. The lowest BCUT2D eigenvalue weighted by Crippen LogP contribution is -2.25. The van der Waals surface area contributed by atoms with Crippen LogP contribution in [0.25, 0.3) is 0 Å². The van der Waals surface area contributed by atoms with Crippen LogP contribution in [0.4, 0.5) is 18.9 Å². The van der Waals surface area contributed by atoms with Crippen molar-refractivity contribution in [3.63, 3.8) is 0 Å². The fraction of sp³-hybridized carbons (Fsp3) is 0.250. The van der Waals surface area contributed by atoms with Gasteiger partial charge < -0.3 is 0 Å². The van der Waals surface area contributed by atoms with Crippen molar-refractivity contribution in [2.24, 2.45) is 0 Å². The van der Waals surface area contributed by atoms with Crippen LogP contribution in [-0.2, 0) is 26.2 Å². The fourth-order valence-corrected chi connectivity index (χ4v) is 4.59. The van der Waals surface area contributed by atoms with Crippen LogP contribution in [0, 0.1) is 0 Å². The molecule has 0 aromatic heterocycles. The second kappa shape index (κ2) is 6.80. The molecule has 0 atom stereocenters. The van der Waals surface area contributed by atoms with Gasteiger partial charge in [-0.2, -0.15) is 13.2 Å². The Morgan fingerprint density at radius 2 is 1.26 bits per heavy atom. The van der Waals surface area contributed by atoms with Crippen molar-refractivity contribution in [3.8, 4) is 0 Å². The number of alkyl halides is 3. The van der Waals surface area contributed by atoms with E-state index in [-0.39, 0.29) is 21.5 Å². The lowest BCUT2D eigenvalue weighted by atomic mass is 10.2. The molecule has 1 saturated carbocycles. The Balaban J connectivity index is 1.75. The minimum Gasteiger partial charge on any atom is -0.280 e. The van der Waals surface area contributed by atoms with Crippen LogP contribution >= 0.6 is 0 Å². The van der Waals surface area contributed by atoms with E-state index in [9.17, 15) is 30.0 Å². The van der Waals surface area contributed by atoms with Gasteiger partial charge >= 0.3 is 6.18 Å². The van der Waals surface area contributed by atoms with Crippen molar-refractivity contribution in [2.45, 2.75) is 34.9 Å². The van der Waals surface area contributed by atoms with Gasteiger partial charge in [-0.15, -0.1) is 0 Å². The van der Waals surface area contributed by atoms with E-state index in [1.807, 2.05) is 0 Å². The minimum atomic E-state index is -4.56. The first-order valence-corrected chi connectivity index (χ1v) is 10.8. The normalized spacial score (nSPS) is 15.5. The van der Waals surface area contributed by atoms with E-state index in [0.29, 0.717) is 12.1 Å². The third kappa shape index (κ3) is 4.79. The van der Waals surface area contributed by atoms with E-state index in [0.717, 1.165) is 25.0 Å². The second-order valence-electron chi connectivity index (χ2n) is 6.05. The Bertz CT molecular complexity index is 1030. The molecule has 27 heavy (non-hydrogen) atoms. The summed E-state index contributed by atoms with van der Waals surface area (Å²) in [6.07, 6.45) is -3.00. The topological polar surface area (TPSA) is 92.3 Å². The Morgan fingerprint density at radius 3 is 1.74 bits per heavy atom. The van der Waals surface area contributed by atoms with E-state index in [4.69, 9.17) is 0 Å². The number of hydrogen-bond donors (Lipinski definition) is 2. The monoisotopic (exact) mass is 420 g/mol. The van der Waals surface area contributed by atoms with E-state index in [1.54, 1.807) is 0 Å². The predicted molar refractivity (Wildman–Crippen MR) is 92.0 cm³/mol. The molecule has 0 bridgehead atoms. The van der Waals surface area contributed by atoms with Gasteiger partial charge in [-0.1, -0.05) is 0 Å². The molecule has 3 rings (SSSR count). The maximum atomic E-state index is 12.6. The molecule has 0 unspecified atom stereocenters. The Kier molecular flexibility index (Phi) is 4.95. The zero-order valence-electron chi connectivity index (χ0n) is 13.7. The summed E-state index contributed by atoms with van der Waals surface area (Å²) in [6, 6.07) is 8.01. The van der Waals surface area contributed by atoms with Crippen LogP contribution < -0.4 is 9.44 Å². The van der Waals surface area contributed by atoms with Gasteiger partial charge in [0.25, 0.3) is 10.0 Å². The molecular formula is C16H15F3N2O4S2. The van der Waals surface area contributed by atoms with Crippen LogP contribution in [0.15, 0.2) is 58.3 Å². The maximum absolute atomic E-state index is 12.6. The third-order valence-electron chi connectivity index (χ3n) is 3.81. The number of hydrogen-bond acceptors (Lipinski definition) is 4. The largest absolute Gasteiger partial charge is 0.416 e. The number of halogens is 3. The average Bonchev–Trinajstić information content (AvgIpc) is 3.37. The second-order valence-corrected chi connectivity index (χ2v) is 9.44. The van der Waals surface area contributed by atoms with Gasteiger partial charge in [-0.25, -0.2) is 21.6 Å². The van der Waals surface area contributed by atoms with Crippen LogP contribution in [0.5, 0.6) is 0 Å². The standard InChI is InChI=1S/C16H15F3N2O4S2/c17-16(18,19)11-1-7-14(8-2-11)26(22,23)21-13-5-9-15(10-6-13)27(24,25)20-12-3-4-12/h1-2,5-10,12,20-21H,3-4H2. The lowest BCUT2D eigenvalue weighted by molar-refractivity contribution is -0.137. The highest BCUT2D eigenvalue weighted by Crippen LogP contribution is 2.30. The third-order valence-corrected chi connectivity index (χ3v) is 6.74. The van der Waals surface area contributed by atoms with Crippen LogP contribution in [0.1, 0.15) is 18.4 Å². The summed E-state index contributed by atoms with van der Waals surface area (Å²) in [6.45, 7) is 0. The summed E-state index contributed by atoms with van der Waals surface area (Å²) in [7, 11) is -7.78. The first-order valence-electron chi connectivity index (χ1n) is 7.80. The fourth-order valence-electron chi connectivity index (χ4n) is 2.23. The van der Waals surface area contributed by atoms with Gasteiger partial charge in [0.05, 0.1) is 15.4 Å². The molecule has 2 N–H and O–H groups in total. The molecule has 1 aliphatic rings. The van der Waals surface area contributed by atoms with Crippen LogP contribution in [0.2, 0.25) is 0 Å². The number of benzene rings is 2. The molecule has 1 aliphatic carbocycles. The summed E-state index contributed by atoms with van der Waals surface area (Å²) in [5, 5.41) is 0. The molecule has 6 nitrogen and oxygen atoms in total. The molecule has 0 radical (unpaired) electrons. The Labute approximate surface area is 154 Å². The van der Waals surface area contributed by atoms with Crippen molar-refractivity contribution < 1.29 is 30.0 Å². The summed E-state index contributed by atoms with van der Waals surface area (Å²) in [4.78, 5) is -0.352. The number of nitrogens with one attached hydrogen (secondary N) is 2. The van der Waals surface area contributed by atoms with Gasteiger partial charge in [-0.3, -0.25) is 4.72 Å². The van der Waals surface area contributed by atoms with Crippen LogP contribution in [-0.4, -0.2) is 22.9 Å². The molecule has 0 saturated heterocycles. The van der Waals surface area contributed by atoms with Crippen molar-refractivity contribution in [1.29, 1.82) is 0 Å². The van der Waals surface area contributed by atoms with Crippen molar-refractivity contribution in [3.05, 3.63) is 54.1 Å². The van der Waals surface area contributed by atoms with Crippen molar-refractivity contribution in [1.82, 2.24) is 4.72 Å². The summed E-state index contributed by atoms with van der Waals surface area (Å²) in [5.74, 6) is 0. The summed E-state index contributed by atoms with van der Waals surface area (Å²) >= 11 is 0. The van der Waals surface area contributed by atoms with E-state index >= 15 is 0 Å². The average molecular weight is 420 g/mol. The van der Waals surface area contributed by atoms with E-state index in [2.05, 4.69) is 9.44 Å². The van der Waals surface area contributed by atoms with Crippen molar-refractivity contribution in [2.75, 3.05) is 4.72 Å². The highest BCUT2D eigenvalue weighted by atomic mass is 32.2. The molecule has 0 aliphatic heterocycles. The molecule has 0 amide bonds. The zero-order chi connectivity index (χ0) is 19.9. The molecular weight excluding hydrogens is 405 g/mol.